The van der Waals surface area contributed by atoms with E-state index in [9.17, 15) is 5.11 Å². The first-order valence-electron chi connectivity index (χ1n) is 9.51. The molecule has 1 aliphatic carbocycles. The average Bonchev–Trinajstić information content (AvgIpc) is 3.07. The van der Waals surface area contributed by atoms with Crippen LogP contribution in [0.3, 0.4) is 0 Å². The third-order valence-electron chi connectivity index (χ3n) is 6.04. The summed E-state index contributed by atoms with van der Waals surface area (Å²) < 4.78 is 5.57. The maximum Gasteiger partial charge on any atom is 0.191 e. The van der Waals surface area contributed by atoms with Crippen LogP contribution in [0.5, 0.6) is 0 Å². The van der Waals surface area contributed by atoms with Crippen LogP contribution in [0.25, 0.3) is 0 Å². The van der Waals surface area contributed by atoms with Gasteiger partial charge in [0.1, 0.15) is 0 Å². The van der Waals surface area contributed by atoms with Crippen LogP contribution in [0.15, 0.2) is 29.3 Å². The molecule has 0 amide bonds. The number of hydrogen-bond donors (Lipinski definition) is 3. The van der Waals surface area contributed by atoms with Gasteiger partial charge in [0, 0.05) is 49.2 Å². The number of halogens is 2. The fraction of sp³-hybridized carbons (Fsp3) is 0.650. The van der Waals surface area contributed by atoms with Crippen LogP contribution in [0.1, 0.15) is 37.7 Å². The number of aliphatic hydroxyl groups excluding tert-OH is 1. The van der Waals surface area contributed by atoms with E-state index in [1.165, 1.54) is 24.8 Å². The molecule has 1 aromatic rings. The third kappa shape index (κ3) is 5.49. The van der Waals surface area contributed by atoms with Crippen molar-refractivity contribution in [3.8, 4) is 0 Å². The fourth-order valence-corrected chi connectivity index (χ4v) is 4.16. The number of aliphatic imine (C=N–C) groups is 1. The molecule has 5 nitrogen and oxygen atoms in total. The van der Waals surface area contributed by atoms with Gasteiger partial charge in [0.05, 0.1) is 6.61 Å². The molecule has 1 unspecified atom stereocenters. The van der Waals surface area contributed by atoms with Crippen LogP contribution in [0.2, 0.25) is 5.02 Å². The number of hydrogen-bond acceptors (Lipinski definition) is 3. The molecular formula is C20H31ClIN3O2. The van der Waals surface area contributed by atoms with Crippen molar-refractivity contribution in [2.24, 2.45) is 10.4 Å². The largest absolute Gasteiger partial charge is 0.396 e. The normalized spacial score (nSPS) is 24.0. The summed E-state index contributed by atoms with van der Waals surface area (Å²) in [7, 11) is 1.80. The number of rotatable bonds is 7. The molecular weight excluding hydrogens is 477 g/mol. The Morgan fingerprint density at radius 3 is 2.41 bits per heavy atom. The summed E-state index contributed by atoms with van der Waals surface area (Å²) in [6, 6.07) is 8.24. The van der Waals surface area contributed by atoms with Gasteiger partial charge in [-0.1, -0.05) is 30.2 Å². The van der Waals surface area contributed by atoms with E-state index in [0.717, 1.165) is 43.5 Å². The van der Waals surface area contributed by atoms with Crippen molar-refractivity contribution in [3.05, 3.63) is 34.9 Å². The highest BCUT2D eigenvalue weighted by Crippen LogP contribution is 2.43. The van der Waals surface area contributed by atoms with Gasteiger partial charge >= 0.3 is 0 Å². The van der Waals surface area contributed by atoms with Crippen molar-refractivity contribution < 1.29 is 9.84 Å². The topological polar surface area (TPSA) is 65.9 Å². The Bertz CT molecular complexity index is 614. The van der Waals surface area contributed by atoms with Gasteiger partial charge in [-0.25, -0.2) is 0 Å². The summed E-state index contributed by atoms with van der Waals surface area (Å²) in [6.07, 6.45) is 5.35. The smallest absolute Gasteiger partial charge is 0.191 e. The van der Waals surface area contributed by atoms with E-state index in [0.29, 0.717) is 6.61 Å². The monoisotopic (exact) mass is 507 g/mol. The minimum atomic E-state index is 0. The molecule has 0 bridgehead atoms. The molecule has 3 rings (SSSR count). The Labute approximate surface area is 184 Å². The van der Waals surface area contributed by atoms with E-state index in [1.54, 1.807) is 7.05 Å². The van der Waals surface area contributed by atoms with Crippen molar-refractivity contribution in [3.63, 3.8) is 0 Å². The second-order valence-electron chi connectivity index (χ2n) is 7.70. The van der Waals surface area contributed by atoms with Gasteiger partial charge in [-0.2, -0.15) is 0 Å². The molecule has 1 aliphatic heterocycles. The molecule has 1 atom stereocenters. The molecule has 152 valence electrons. The van der Waals surface area contributed by atoms with Gasteiger partial charge in [-0.15, -0.1) is 24.0 Å². The van der Waals surface area contributed by atoms with E-state index < -0.39 is 0 Å². The van der Waals surface area contributed by atoms with Crippen LogP contribution < -0.4 is 10.6 Å². The van der Waals surface area contributed by atoms with Crippen LogP contribution >= 0.6 is 35.6 Å². The van der Waals surface area contributed by atoms with Gasteiger partial charge in [0.15, 0.2) is 5.96 Å². The molecule has 0 spiro atoms. The molecule has 0 aromatic heterocycles. The second kappa shape index (κ2) is 10.3. The lowest BCUT2D eigenvalue weighted by molar-refractivity contribution is 0.127. The van der Waals surface area contributed by atoms with Crippen molar-refractivity contribution >= 4 is 41.5 Å². The van der Waals surface area contributed by atoms with Gasteiger partial charge in [-0.05, 0) is 43.4 Å². The highest BCUT2D eigenvalue weighted by Gasteiger charge is 2.39. The average molecular weight is 508 g/mol. The molecule has 2 aliphatic rings. The first-order chi connectivity index (χ1) is 12.6. The predicted molar refractivity (Wildman–Crippen MR) is 121 cm³/mol. The lowest BCUT2D eigenvalue weighted by atomic mass is 9.64. The lowest BCUT2D eigenvalue weighted by Gasteiger charge is -2.43. The Morgan fingerprint density at radius 1 is 1.19 bits per heavy atom. The molecule has 1 aromatic carbocycles. The van der Waals surface area contributed by atoms with Crippen molar-refractivity contribution in [2.75, 3.05) is 40.0 Å². The van der Waals surface area contributed by atoms with E-state index in [1.807, 2.05) is 12.1 Å². The third-order valence-corrected chi connectivity index (χ3v) is 6.30. The van der Waals surface area contributed by atoms with Crippen molar-refractivity contribution in [2.45, 2.75) is 37.5 Å². The van der Waals surface area contributed by atoms with Crippen LogP contribution in [0.4, 0.5) is 0 Å². The van der Waals surface area contributed by atoms with E-state index in [-0.39, 0.29) is 41.4 Å². The minimum Gasteiger partial charge on any atom is -0.396 e. The zero-order valence-corrected chi connectivity index (χ0v) is 19.1. The van der Waals surface area contributed by atoms with Crippen LogP contribution in [0, 0.1) is 5.41 Å². The SMILES string of the molecule is CN=C(NCC1(CCO)CCOC1)NCC1(c2ccc(Cl)cc2)CCC1.I. The maximum absolute atomic E-state index is 9.37. The van der Waals surface area contributed by atoms with Crippen LogP contribution in [-0.4, -0.2) is 51.0 Å². The number of nitrogens with one attached hydrogen (secondary N) is 2. The van der Waals surface area contributed by atoms with Crippen molar-refractivity contribution in [1.29, 1.82) is 0 Å². The Hall–Kier alpha value is -0.570. The zero-order chi connectivity index (χ0) is 18.5. The lowest BCUT2D eigenvalue weighted by Crippen LogP contribution is -2.50. The Morgan fingerprint density at radius 2 is 1.89 bits per heavy atom. The van der Waals surface area contributed by atoms with Crippen molar-refractivity contribution in [1.82, 2.24) is 10.6 Å². The molecule has 1 saturated carbocycles. The standard InChI is InChI=1S/C20H30ClN3O2.HI/c1-22-18(23-13-19(9-11-25)10-12-26-15-19)24-14-20(7-2-8-20)16-3-5-17(21)6-4-16;/h3-6,25H,2,7-15H2,1H3,(H2,22,23,24);1H. The molecule has 3 N–H and O–H groups in total. The summed E-state index contributed by atoms with van der Waals surface area (Å²) in [6.45, 7) is 3.29. The predicted octanol–water partition coefficient (Wildman–Crippen LogP) is 3.33. The minimum absolute atomic E-state index is 0. The van der Waals surface area contributed by atoms with E-state index in [4.69, 9.17) is 16.3 Å². The summed E-state index contributed by atoms with van der Waals surface area (Å²) in [5, 5.41) is 17.1. The van der Waals surface area contributed by atoms with Gasteiger partial charge in [0.25, 0.3) is 0 Å². The quantitative estimate of drug-likeness (QED) is 0.301. The number of guanidine groups is 1. The molecule has 2 fully saturated rings. The van der Waals surface area contributed by atoms with Crippen LogP contribution in [-0.2, 0) is 10.2 Å². The van der Waals surface area contributed by atoms with E-state index >= 15 is 0 Å². The van der Waals surface area contributed by atoms with Gasteiger partial charge in [0.2, 0.25) is 0 Å². The van der Waals surface area contributed by atoms with E-state index in [2.05, 4.69) is 27.8 Å². The Balaban J connectivity index is 0.00000261. The van der Waals surface area contributed by atoms with Gasteiger partial charge in [-0.3, -0.25) is 4.99 Å². The summed E-state index contributed by atoms with van der Waals surface area (Å²) in [5.41, 5.74) is 1.52. The number of aliphatic hydroxyl groups is 1. The number of nitrogens with zero attached hydrogens (tertiary/aromatic N) is 1. The zero-order valence-electron chi connectivity index (χ0n) is 16.0. The maximum atomic E-state index is 9.37. The van der Waals surface area contributed by atoms with Gasteiger partial charge < -0.3 is 20.5 Å². The molecule has 27 heavy (non-hydrogen) atoms. The summed E-state index contributed by atoms with van der Waals surface area (Å²) in [4.78, 5) is 4.38. The highest BCUT2D eigenvalue weighted by molar-refractivity contribution is 14.0. The summed E-state index contributed by atoms with van der Waals surface area (Å²) >= 11 is 6.04. The first-order valence-corrected chi connectivity index (χ1v) is 9.88. The molecule has 1 saturated heterocycles. The fourth-order valence-electron chi connectivity index (χ4n) is 4.03. The number of ether oxygens (including phenoxy) is 1. The Kier molecular flexibility index (Phi) is 8.65. The second-order valence-corrected chi connectivity index (χ2v) is 8.13. The molecule has 0 radical (unpaired) electrons. The molecule has 7 heteroatoms. The highest BCUT2D eigenvalue weighted by atomic mass is 127. The number of benzene rings is 1. The molecule has 1 heterocycles. The first kappa shape index (κ1) is 22.7. The summed E-state index contributed by atoms with van der Waals surface area (Å²) in [5.74, 6) is 0.814.